The molecular formula is C19H25N3O4S. The average Bonchev–Trinajstić information content (AvgIpc) is 2.65. The van der Waals surface area contributed by atoms with Crippen molar-refractivity contribution in [2.45, 2.75) is 44.9 Å². The van der Waals surface area contributed by atoms with Crippen LogP contribution in [-0.4, -0.2) is 40.3 Å². The van der Waals surface area contributed by atoms with Crippen molar-refractivity contribution in [3.8, 4) is 0 Å². The van der Waals surface area contributed by atoms with Crippen molar-refractivity contribution >= 4 is 34.5 Å². The molecular weight excluding hydrogens is 366 g/mol. The Labute approximate surface area is 162 Å². The van der Waals surface area contributed by atoms with Crippen LogP contribution in [0, 0.1) is 5.92 Å². The van der Waals surface area contributed by atoms with Crippen LogP contribution in [0.15, 0.2) is 34.2 Å². The Morgan fingerprint density at radius 1 is 1.30 bits per heavy atom. The first-order chi connectivity index (χ1) is 12.9. The van der Waals surface area contributed by atoms with Crippen molar-refractivity contribution in [2.24, 2.45) is 5.92 Å². The highest BCUT2D eigenvalue weighted by molar-refractivity contribution is 7.99. The van der Waals surface area contributed by atoms with E-state index < -0.39 is 12.0 Å². The fourth-order valence-electron chi connectivity index (χ4n) is 2.73. The molecule has 0 spiro atoms. The number of para-hydroxylation sites is 1. The summed E-state index contributed by atoms with van der Waals surface area (Å²) in [5.74, 6) is -0.483. The van der Waals surface area contributed by atoms with E-state index in [1.54, 1.807) is 22.8 Å². The maximum absolute atomic E-state index is 12.6. The number of nitrogens with one attached hydrogen (secondary N) is 1. The molecule has 0 unspecified atom stereocenters. The SMILES string of the molecule is CCn1c(SCC(=O)N[C@H](CC(C)C)C(=O)OC)nc2ccccc2c1=O. The van der Waals surface area contributed by atoms with Crippen LogP contribution in [-0.2, 0) is 20.9 Å². The third-order valence-electron chi connectivity index (χ3n) is 4.00. The average molecular weight is 391 g/mol. The van der Waals surface area contributed by atoms with Gasteiger partial charge in [0.2, 0.25) is 5.91 Å². The summed E-state index contributed by atoms with van der Waals surface area (Å²) in [7, 11) is 1.30. The standard InChI is InChI=1S/C19H25N3O4S/c1-5-22-17(24)13-8-6-7-9-14(13)21-19(22)27-11-16(23)20-15(10-12(2)3)18(25)26-4/h6-9,12,15H,5,10-11H2,1-4H3,(H,20,23)/t15-/m1/s1. The minimum Gasteiger partial charge on any atom is -0.467 e. The maximum Gasteiger partial charge on any atom is 0.328 e. The summed E-state index contributed by atoms with van der Waals surface area (Å²) in [6, 6.07) is 6.45. The fraction of sp³-hybridized carbons (Fsp3) is 0.474. The van der Waals surface area contributed by atoms with Gasteiger partial charge >= 0.3 is 5.97 Å². The van der Waals surface area contributed by atoms with E-state index >= 15 is 0 Å². The van der Waals surface area contributed by atoms with Gasteiger partial charge in [0.15, 0.2) is 5.16 Å². The lowest BCUT2D eigenvalue weighted by Crippen LogP contribution is -2.43. The fourth-order valence-corrected chi connectivity index (χ4v) is 3.60. The highest BCUT2D eigenvalue weighted by Crippen LogP contribution is 2.18. The lowest BCUT2D eigenvalue weighted by molar-refractivity contribution is -0.145. The largest absolute Gasteiger partial charge is 0.467 e. The predicted octanol–water partition coefficient (Wildman–Crippen LogP) is 2.21. The van der Waals surface area contributed by atoms with Gasteiger partial charge in [-0.15, -0.1) is 0 Å². The number of nitrogens with zero attached hydrogens (tertiary/aromatic N) is 2. The molecule has 146 valence electrons. The van der Waals surface area contributed by atoms with Crippen LogP contribution in [0.5, 0.6) is 0 Å². The summed E-state index contributed by atoms with van der Waals surface area (Å²) < 4.78 is 6.31. The number of carbonyl (C=O) groups excluding carboxylic acids is 2. The number of carbonyl (C=O) groups is 2. The lowest BCUT2D eigenvalue weighted by Gasteiger charge is -2.18. The van der Waals surface area contributed by atoms with E-state index in [2.05, 4.69) is 10.3 Å². The first-order valence-corrected chi connectivity index (χ1v) is 9.85. The highest BCUT2D eigenvalue weighted by atomic mass is 32.2. The Bertz CT molecular complexity index is 879. The Morgan fingerprint density at radius 2 is 2.00 bits per heavy atom. The van der Waals surface area contributed by atoms with E-state index in [1.807, 2.05) is 26.8 Å². The normalized spacial score (nSPS) is 12.2. The van der Waals surface area contributed by atoms with Crippen LogP contribution < -0.4 is 10.9 Å². The summed E-state index contributed by atoms with van der Waals surface area (Å²) in [5, 5.41) is 3.74. The molecule has 1 aromatic heterocycles. The van der Waals surface area contributed by atoms with Gasteiger partial charge < -0.3 is 10.1 Å². The highest BCUT2D eigenvalue weighted by Gasteiger charge is 2.23. The first kappa shape index (κ1) is 21.0. The number of esters is 1. The predicted molar refractivity (Wildman–Crippen MR) is 106 cm³/mol. The van der Waals surface area contributed by atoms with Gasteiger partial charge in [-0.1, -0.05) is 37.7 Å². The topological polar surface area (TPSA) is 90.3 Å². The minimum atomic E-state index is -0.680. The molecule has 2 rings (SSSR count). The van der Waals surface area contributed by atoms with Crippen molar-refractivity contribution in [1.82, 2.24) is 14.9 Å². The lowest BCUT2D eigenvalue weighted by atomic mass is 10.0. The van der Waals surface area contributed by atoms with Gasteiger partial charge in [0.25, 0.3) is 5.56 Å². The van der Waals surface area contributed by atoms with Crippen LogP contribution in [0.3, 0.4) is 0 Å². The van der Waals surface area contributed by atoms with E-state index in [4.69, 9.17) is 4.74 Å². The zero-order valence-electron chi connectivity index (χ0n) is 16.0. The number of hydrogen-bond acceptors (Lipinski definition) is 6. The van der Waals surface area contributed by atoms with E-state index in [0.717, 1.165) is 0 Å². The number of fused-ring (bicyclic) bond motifs is 1. The molecule has 27 heavy (non-hydrogen) atoms. The molecule has 7 nitrogen and oxygen atoms in total. The molecule has 0 bridgehead atoms. The number of methoxy groups -OCH3 is 1. The zero-order valence-corrected chi connectivity index (χ0v) is 16.8. The zero-order chi connectivity index (χ0) is 20.0. The first-order valence-electron chi connectivity index (χ1n) is 8.86. The minimum absolute atomic E-state index is 0.0520. The third kappa shape index (κ3) is 5.32. The molecule has 1 amide bonds. The summed E-state index contributed by atoms with van der Waals surface area (Å²) in [4.78, 5) is 41.3. The molecule has 0 aliphatic heterocycles. The number of benzene rings is 1. The molecule has 0 radical (unpaired) electrons. The molecule has 1 N–H and O–H groups in total. The third-order valence-corrected chi connectivity index (χ3v) is 4.98. The van der Waals surface area contributed by atoms with E-state index in [0.29, 0.717) is 29.0 Å². The van der Waals surface area contributed by atoms with Crippen LogP contribution in [0.25, 0.3) is 10.9 Å². The second-order valence-corrected chi connectivity index (χ2v) is 7.46. The van der Waals surface area contributed by atoms with Crippen molar-refractivity contribution in [3.63, 3.8) is 0 Å². The summed E-state index contributed by atoms with van der Waals surface area (Å²) in [6.07, 6.45) is 0.497. The number of ether oxygens (including phenoxy) is 1. The van der Waals surface area contributed by atoms with Gasteiger partial charge in [0.1, 0.15) is 6.04 Å². The molecule has 0 saturated heterocycles. The van der Waals surface area contributed by atoms with Crippen molar-refractivity contribution in [2.75, 3.05) is 12.9 Å². The van der Waals surface area contributed by atoms with Crippen molar-refractivity contribution < 1.29 is 14.3 Å². The van der Waals surface area contributed by atoms with Gasteiger partial charge in [-0.05, 0) is 31.4 Å². The Kier molecular flexibility index (Phi) is 7.41. The van der Waals surface area contributed by atoms with E-state index in [1.165, 1.54) is 18.9 Å². The molecule has 0 aliphatic rings. The van der Waals surface area contributed by atoms with Gasteiger partial charge in [-0.3, -0.25) is 14.2 Å². The molecule has 1 heterocycles. The Balaban J connectivity index is 2.14. The van der Waals surface area contributed by atoms with Crippen LogP contribution in [0.2, 0.25) is 0 Å². The second-order valence-electron chi connectivity index (χ2n) is 6.52. The number of amides is 1. The number of rotatable bonds is 8. The van der Waals surface area contributed by atoms with Gasteiger partial charge in [-0.2, -0.15) is 0 Å². The number of hydrogen-bond donors (Lipinski definition) is 1. The quantitative estimate of drug-likeness (QED) is 0.422. The van der Waals surface area contributed by atoms with Crippen LogP contribution in [0.1, 0.15) is 27.2 Å². The Hall–Kier alpha value is -2.35. The molecule has 0 saturated carbocycles. The van der Waals surface area contributed by atoms with Crippen LogP contribution >= 0.6 is 11.8 Å². The van der Waals surface area contributed by atoms with Crippen LogP contribution in [0.4, 0.5) is 0 Å². The van der Waals surface area contributed by atoms with Crippen molar-refractivity contribution in [1.29, 1.82) is 0 Å². The Morgan fingerprint density at radius 3 is 2.63 bits per heavy atom. The molecule has 0 fully saturated rings. The number of thioether (sulfide) groups is 1. The maximum atomic E-state index is 12.6. The molecule has 0 aliphatic carbocycles. The second kappa shape index (κ2) is 9.55. The molecule has 1 atom stereocenters. The van der Waals surface area contributed by atoms with E-state index in [9.17, 15) is 14.4 Å². The monoisotopic (exact) mass is 391 g/mol. The number of aromatic nitrogens is 2. The van der Waals surface area contributed by atoms with Gasteiger partial charge in [0, 0.05) is 6.54 Å². The molecule has 1 aromatic carbocycles. The summed E-state index contributed by atoms with van der Waals surface area (Å²) in [6.45, 7) is 6.25. The van der Waals surface area contributed by atoms with Gasteiger partial charge in [-0.25, -0.2) is 9.78 Å². The van der Waals surface area contributed by atoms with Gasteiger partial charge in [0.05, 0.1) is 23.8 Å². The van der Waals surface area contributed by atoms with E-state index in [-0.39, 0.29) is 23.1 Å². The van der Waals surface area contributed by atoms with Crippen molar-refractivity contribution in [3.05, 3.63) is 34.6 Å². The molecule has 2 aromatic rings. The summed E-state index contributed by atoms with van der Waals surface area (Å²) in [5.41, 5.74) is 0.473. The summed E-state index contributed by atoms with van der Waals surface area (Å²) >= 11 is 1.18. The molecule has 8 heteroatoms. The smallest absolute Gasteiger partial charge is 0.328 e.